The number of nitrogens with zero attached hydrogens (tertiary/aromatic N) is 2. The molecule has 25 heavy (non-hydrogen) atoms. The van der Waals surface area contributed by atoms with Crippen LogP contribution in [0.1, 0.15) is 38.7 Å². The van der Waals surface area contributed by atoms with Crippen LogP contribution in [0.25, 0.3) is 0 Å². The Morgan fingerprint density at radius 1 is 1.24 bits per heavy atom. The van der Waals surface area contributed by atoms with Crippen LogP contribution in [-0.4, -0.2) is 60.8 Å². The van der Waals surface area contributed by atoms with Crippen molar-refractivity contribution in [2.24, 2.45) is 5.92 Å². The Hall–Kier alpha value is -1.53. The van der Waals surface area contributed by atoms with Crippen molar-refractivity contribution in [3.05, 3.63) is 24.2 Å². The fourth-order valence-corrected chi connectivity index (χ4v) is 3.94. The normalized spacial score (nSPS) is 25.9. The quantitative estimate of drug-likeness (QED) is 0.888. The zero-order chi connectivity index (χ0) is 17.6. The lowest BCUT2D eigenvalue weighted by molar-refractivity contribution is -0.0692. The molecule has 2 saturated heterocycles. The second-order valence-corrected chi connectivity index (χ2v) is 7.53. The summed E-state index contributed by atoms with van der Waals surface area (Å²) in [6.45, 7) is 9.79. The van der Waals surface area contributed by atoms with E-state index in [2.05, 4.69) is 24.1 Å². The summed E-state index contributed by atoms with van der Waals surface area (Å²) >= 11 is 0. The number of furan rings is 1. The second-order valence-electron chi connectivity index (χ2n) is 7.53. The van der Waals surface area contributed by atoms with E-state index in [1.807, 2.05) is 11.0 Å². The van der Waals surface area contributed by atoms with E-state index in [-0.39, 0.29) is 6.03 Å². The predicted octanol–water partition coefficient (Wildman–Crippen LogP) is 2.70. The number of carbonyl (C=O) groups is 1. The number of hydrogen-bond donors (Lipinski definition) is 1. The van der Waals surface area contributed by atoms with Gasteiger partial charge in [-0.15, -0.1) is 0 Å². The zero-order valence-corrected chi connectivity index (χ0v) is 15.4. The Labute approximate surface area is 150 Å². The molecule has 3 heterocycles. The number of nitrogens with one attached hydrogen (secondary N) is 1. The molecule has 0 aromatic carbocycles. The van der Waals surface area contributed by atoms with E-state index in [4.69, 9.17) is 9.15 Å². The molecule has 1 aromatic rings. The van der Waals surface area contributed by atoms with E-state index in [0.29, 0.717) is 18.8 Å². The molecule has 2 amide bonds. The average Bonchev–Trinajstić information content (AvgIpc) is 3.11. The summed E-state index contributed by atoms with van der Waals surface area (Å²) in [5.41, 5.74) is 0.997. The van der Waals surface area contributed by atoms with Crippen LogP contribution in [0.4, 0.5) is 4.79 Å². The first-order valence-electron chi connectivity index (χ1n) is 9.52. The number of piperidine rings is 1. The first-order valence-corrected chi connectivity index (χ1v) is 9.52. The van der Waals surface area contributed by atoms with Gasteiger partial charge in [0.05, 0.1) is 24.7 Å². The lowest BCUT2D eigenvalue weighted by Gasteiger charge is -2.37. The van der Waals surface area contributed by atoms with Gasteiger partial charge in [-0.3, -0.25) is 4.90 Å². The summed E-state index contributed by atoms with van der Waals surface area (Å²) in [7, 11) is 0. The fourth-order valence-electron chi connectivity index (χ4n) is 3.94. The van der Waals surface area contributed by atoms with Crippen LogP contribution >= 0.6 is 0 Å². The van der Waals surface area contributed by atoms with Crippen molar-refractivity contribution in [1.82, 2.24) is 15.1 Å². The van der Waals surface area contributed by atoms with Gasteiger partial charge in [-0.25, -0.2) is 4.79 Å². The van der Waals surface area contributed by atoms with E-state index in [1.54, 1.807) is 12.5 Å². The van der Waals surface area contributed by atoms with Gasteiger partial charge in [-0.05, 0) is 51.6 Å². The molecule has 3 rings (SSSR count). The topological polar surface area (TPSA) is 58.0 Å². The van der Waals surface area contributed by atoms with Crippen molar-refractivity contribution in [3.63, 3.8) is 0 Å². The lowest BCUT2D eigenvalue weighted by atomic mass is 9.93. The Morgan fingerprint density at radius 3 is 2.60 bits per heavy atom. The molecule has 2 unspecified atom stereocenters. The van der Waals surface area contributed by atoms with Crippen molar-refractivity contribution in [2.75, 3.05) is 32.7 Å². The summed E-state index contributed by atoms with van der Waals surface area (Å²) in [6.07, 6.45) is 7.41. The highest BCUT2D eigenvalue weighted by Crippen LogP contribution is 2.22. The monoisotopic (exact) mass is 349 g/mol. The molecule has 2 aliphatic rings. The summed E-state index contributed by atoms with van der Waals surface area (Å²) in [5.74, 6) is 0.728. The highest BCUT2D eigenvalue weighted by Gasteiger charge is 2.25. The second kappa shape index (κ2) is 8.72. The number of ether oxygens (including phenoxy) is 1. The average molecular weight is 349 g/mol. The standard InChI is InChI=1S/C19H31N3O3/c1-15-12-21(13-16(2)25-15)7-3-17-4-8-22(9-5-17)19(23)20-11-18-6-10-24-14-18/h6,10,14-17H,3-5,7-9,11-13H2,1-2H3,(H,20,23). The van der Waals surface area contributed by atoms with Gasteiger partial charge >= 0.3 is 6.03 Å². The minimum Gasteiger partial charge on any atom is -0.472 e. The molecule has 0 spiro atoms. The van der Waals surface area contributed by atoms with Crippen molar-refractivity contribution in [1.29, 1.82) is 0 Å². The maximum atomic E-state index is 12.2. The number of morpholine rings is 1. The van der Waals surface area contributed by atoms with E-state index in [9.17, 15) is 4.79 Å². The van der Waals surface area contributed by atoms with Crippen LogP contribution in [0.2, 0.25) is 0 Å². The molecule has 2 aliphatic heterocycles. The number of likely N-dealkylation sites (tertiary alicyclic amines) is 1. The van der Waals surface area contributed by atoms with Crippen molar-refractivity contribution < 1.29 is 13.9 Å². The third-order valence-electron chi connectivity index (χ3n) is 5.27. The fraction of sp³-hybridized carbons (Fsp3) is 0.737. The van der Waals surface area contributed by atoms with Gasteiger partial charge in [0.1, 0.15) is 0 Å². The summed E-state index contributed by atoms with van der Waals surface area (Å²) in [4.78, 5) is 16.7. The Morgan fingerprint density at radius 2 is 1.96 bits per heavy atom. The van der Waals surface area contributed by atoms with E-state index in [0.717, 1.165) is 57.0 Å². The minimum absolute atomic E-state index is 0.0375. The molecular formula is C19H31N3O3. The zero-order valence-electron chi connectivity index (χ0n) is 15.4. The Kier molecular flexibility index (Phi) is 6.37. The minimum atomic E-state index is 0.0375. The van der Waals surface area contributed by atoms with Crippen LogP contribution in [0.5, 0.6) is 0 Å². The highest BCUT2D eigenvalue weighted by atomic mass is 16.5. The van der Waals surface area contributed by atoms with Crippen molar-refractivity contribution in [3.8, 4) is 0 Å². The van der Waals surface area contributed by atoms with Crippen molar-refractivity contribution in [2.45, 2.75) is 51.9 Å². The molecule has 6 heteroatoms. The van der Waals surface area contributed by atoms with E-state index >= 15 is 0 Å². The van der Waals surface area contributed by atoms with Gasteiger partial charge in [0.2, 0.25) is 0 Å². The number of rotatable bonds is 5. The molecule has 1 aromatic heterocycles. The summed E-state index contributed by atoms with van der Waals surface area (Å²) in [5, 5.41) is 2.97. The van der Waals surface area contributed by atoms with Gasteiger partial charge in [-0.2, -0.15) is 0 Å². The summed E-state index contributed by atoms with van der Waals surface area (Å²) in [6, 6.07) is 1.91. The third-order valence-corrected chi connectivity index (χ3v) is 5.27. The Balaban J connectivity index is 1.33. The van der Waals surface area contributed by atoms with Crippen LogP contribution in [0.3, 0.4) is 0 Å². The maximum Gasteiger partial charge on any atom is 0.317 e. The van der Waals surface area contributed by atoms with Gasteiger partial charge < -0.3 is 19.4 Å². The molecule has 1 N–H and O–H groups in total. The van der Waals surface area contributed by atoms with Crippen LogP contribution in [0.15, 0.2) is 23.0 Å². The van der Waals surface area contributed by atoms with Crippen LogP contribution in [0, 0.1) is 5.92 Å². The van der Waals surface area contributed by atoms with Gasteiger partial charge in [0.15, 0.2) is 0 Å². The molecule has 6 nitrogen and oxygen atoms in total. The van der Waals surface area contributed by atoms with Gasteiger partial charge in [0, 0.05) is 38.3 Å². The molecule has 140 valence electrons. The molecule has 2 atom stereocenters. The molecular weight excluding hydrogens is 318 g/mol. The first kappa shape index (κ1) is 18.3. The van der Waals surface area contributed by atoms with Gasteiger partial charge in [-0.1, -0.05) is 0 Å². The molecule has 0 saturated carbocycles. The van der Waals surface area contributed by atoms with E-state index < -0.39 is 0 Å². The predicted molar refractivity (Wildman–Crippen MR) is 96.3 cm³/mol. The smallest absolute Gasteiger partial charge is 0.317 e. The van der Waals surface area contributed by atoms with Crippen molar-refractivity contribution >= 4 is 6.03 Å². The largest absolute Gasteiger partial charge is 0.472 e. The third kappa shape index (κ3) is 5.47. The maximum absolute atomic E-state index is 12.2. The first-order chi connectivity index (χ1) is 12.1. The Bertz CT molecular complexity index is 516. The number of amides is 2. The van der Waals surface area contributed by atoms with E-state index in [1.165, 1.54) is 6.42 Å². The number of carbonyl (C=O) groups excluding carboxylic acids is 1. The van der Waals surface area contributed by atoms with Gasteiger partial charge in [0.25, 0.3) is 0 Å². The molecule has 0 radical (unpaired) electrons. The molecule has 0 bridgehead atoms. The number of hydrogen-bond acceptors (Lipinski definition) is 4. The van der Waals surface area contributed by atoms with Crippen LogP contribution < -0.4 is 5.32 Å². The SMILES string of the molecule is CC1CN(CCC2CCN(C(=O)NCc3ccoc3)CC2)CC(C)O1. The highest BCUT2D eigenvalue weighted by molar-refractivity contribution is 5.74. The molecule has 0 aliphatic carbocycles. The lowest BCUT2D eigenvalue weighted by Crippen LogP contribution is -2.47. The number of urea groups is 1. The van der Waals surface area contributed by atoms with Crippen LogP contribution in [-0.2, 0) is 11.3 Å². The summed E-state index contributed by atoms with van der Waals surface area (Å²) < 4.78 is 10.8. The molecule has 2 fully saturated rings.